The zero-order valence-corrected chi connectivity index (χ0v) is 11.2. The van der Waals surface area contributed by atoms with Gasteiger partial charge >= 0.3 is 5.97 Å². The van der Waals surface area contributed by atoms with E-state index in [-0.39, 0.29) is 5.56 Å². The molecule has 0 aliphatic rings. The second-order valence-electron chi connectivity index (χ2n) is 4.20. The highest BCUT2D eigenvalue weighted by atomic mass is 16.5. The Morgan fingerprint density at radius 1 is 0.950 bits per heavy atom. The van der Waals surface area contributed by atoms with Crippen molar-refractivity contribution in [1.29, 1.82) is 0 Å². The Labute approximate surface area is 117 Å². The van der Waals surface area contributed by atoms with Crippen molar-refractivity contribution in [1.82, 2.24) is 0 Å². The van der Waals surface area contributed by atoms with Crippen molar-refractivity contribution in [3.8, 4) is 11.5 Å². The van der Waals surface area contributed by atoms with Crippen molar-refractivity contribution in [3.63, 3.8) is 0 Å². The van der Waals surface area contributed by atoms with Crippen molar-refractivity contribution >= 4 is 5.97 Å². The maximum absolute atomic E-state index is 10.7. The molecule has 2 rings (SSSR count). The number of hydrogen-bond donors (Lipinski definition) is 1. The van der Waals surface area contributed by atoms with E-state index in [0.717, 1.165) is 11.3 Å². The normalized spacial score (nSPS) is 10.1. The Kier molecular flexibility index (Phi) is 4.60. The minimum Gasteiger partial charge on any atom is -0.494 e. The molecule has 0 aliphatic heterocycles. The first-order valence-corrected chi connectivity index (χ1v) is 6.37. The quantitative estimate of drug-likeness (QED) is 0.876. The maximum Gasteiger partial charge on any atom is 0.335 e. The summed E-state index contributed by atoms with van der Waals surface area (Å²) >= 11 is 0. The lowest BCUT2D eigenvalue weighted by atomic mass is 10.2. The number of ether oxygens (including phenoxy) is 2. The number of hydrogen-bond acceptors (Lipinski definition) is 3. The van der Waals surface area contributed by atoms with Gasteiger partial charge in [-0.2, -0.15) is 0 Å². The largest absolute Gasteiger partial charge is 0.494 e. The Morgan fingerprint density at radius 2 is 1.50 bits per heavy atom. The van der Waals surface area contributed by atoms with Crippen LogP contribution in [-0.4, -0.2) is 17.7 Å². The minimum absolute atomic E-state index is 0.249. The van der Waals surface area contributed by atoms with Gasteiger partial charge in [0.15, 0.2) is 0 Å². The van der Waals surface area contributed by atoms with Gasteiger partial charge in [0.25, 0.3) is 0 Å². The maximum atomic E-state index is 10.7. The van der Waals surface area contributed by atoms with Gasteiger partial charge < -0.3 is 14.6 Å². The van der Waals surface area contributed by atoms with E-state index >= 15 is 0 Å². The molecule has 0 heterocycles. The molecule has 0 bridgehead atoms. The zero-order chi connectivity index (χ0) is 14.4. The summed E-state index contributed by atoms with van der Waals surface area (Å²) < 4.78 is 11.0. The number of benzene rings is 2. The van der Waals surface area contributed by atoms with E-state index in [9.17, 15) is 4.79 Å². The van der Waals surface area contributed by atoms with Gasteiger partial charge in [0.1, 0.15) is 18.1 Å². The van der Waals surface area contributed by atoms with Crippen LogP contribution in [-0.2, 0) is 6.61 Å². The van der Waals surface area contributed by atoms with E-state index in [1.54, 1.807) is 12.1 Å². The zero-order valence-electron chi connectivity index (χ0n) is 11.2. The molecule has 4 nitrogen and oxygen atoms in total. The number of carboxylic acids is 1. The SMILES string of the molecule is CCOc1ccc(COc2ccc(C(=O)O)cc2)cc1. The molecule has 20 heavy (non-hydrogen) atoms. The Hall–Kier alpha value is -2.49. The molecule has 0 radical (unpaired) electrons. The van der Waals surface area contributed by atoms with Gasteiger partial charge in [-0.15, -0.1) is 0 Å². The topological polar surface area (TPSA) is 55.8 Å². The van der Waals surface area contributed by atoms with Gasteiger partial charge in [-0.25, -0.2) is 4.79 Å². The van der Waals surface area contributed by atoms with E-state index in [1.165, 1.54) is 12.1 Å². The molecule has 0 saturated carbocycles. The van der Waals surface area contributed by atoms with Crippen molar-refractivity contribution < 1.29 is 19.4 Å². The molecular weight excluding hydrogens is 256 g/mol. The average molecular weight is 272 g/mol. The van der Waals surface area contributed by atoms with Crippen LogP contribution in [0.5, 0.6) is 11.5 Å². The summed E-state index contributed by atoms with van der Waals surface area (Å²) in [5, 5.41) is 8.80. The first-order chi connectivity index (χ1) is 9.69. The van der Waals surface area contributed by atoms with Crippen LogP contribution in [0.1, 0.15) is 22.8 Å². The van der Waals surface area contributed by atoms with Gasteiger partial charge in [0.2, 0.25) is 0 Å². The number of carbonyl (C=O) groups is 1. The van der Waals surface area contributed by atoms with E-state index in [2.05, 4.69) is 0 Å². The second-order valence-corrected chi connectivity index (χ2v) is 4.20. The van der Waals surface area contributed by atoms with Crippen LogP contribution in [0.2, 0.25) is 0 Å². The molecule has 2 aromatic rings. The first kappa shape index (κ1) is 13.9. The number of carboxylic acid groups (broad SMARTS) is 1. The predicted octanol–water partition coefficient (Wildman–Crippen LogP) is 3.36. The second kappa shape index (κ2) is 6.61. The third-order valence-electron chi connectivity index (χ3n) is 2.74. The summed E-state index contributed by atoms with van der Waals surface area (Å²) in [5.41, 5.74) is 1.27. The molecule has 0 aromatic heterocycles. The van der Waals surface area contributed by atoms with Gasteiger partial charge in [0, 0.05) is 0 Å². The molecule has 1 N–H and O–H groups in total. The van der Waals surface area contributed by atoms with E-state index < -0.39 is 5.97 Å². The van der Waals surface area contributed by atoms with Gasteiger partial charge in [-0.3, -0.25) is 0 Å². The Morgan fingerprint density at radius 3 is 2.05 bits per heavy atom. The number of aromatic carboxylic acids is 1. The van der Waals surface area contributed by atoms with Gasteiger partial charge in [-0.05, 0) is 48.9 Å². The average Bonchev–Trinajstić information content (AvgIpc) is 2.47. The van der Waals surface area contributed by atoms with Crippen LogP contribution >= 0.6 is 0 Å². The van der Waals surface area contributed by atoms with Crippen molar-refractivity contribution in [3.05, 3.63) is 59.7 Å². The Balaban J connectivity index is 1.92. The lowest BCUT2D eigenvalue weighted by molar-refractivity contribution is 0.0697. The molecule has 4 heteroatoms. The summed E-state index contributed by atoms with van der Waals surface area (Å²) in [5.74, 6) is 0.536. The summed E-state index contributed by atoms with van der Waals surface area (Å²) in [6.07, 6.45) is 0. The van der Waals surface area contributed by atoms with E-state index in [0.29, 0.717) is 19.0 Å². The van der Waals surface area contributed by atoms with Crippen LogP contribution in [0.25, 0.3) is 0 Å². The van der Waals surface area contributed by atoms with Crippen LogP contribution in [0.3, 0.4) is 0 Å². The van der Waals surface area contributed by atoms with Crippen molar-refractivity contribution in [2.75, 3.05) is 6.61 Å². The monoisotopic (exact) mass is 272 g/mol. The van der Waals surface area contributed by atoms with Crippen LogP contribution < -0.4 is 9.47 Å². The number of rotatable bonds is 6. The highest BCUT2D eigenvalue weighted by molar-refractivity contribution is 5.87. The fraction of sp³-hybridized carbons (Fsp3) is 0.188. The molecule has 0 saturated heterocycles. The molecule has 2 aromatic carbocycles. The lowest BCUT2D eigenvalue weighted by Gasteiger charge is -2.08. The van der Waals surface area contributed by atoms with E-state index in [1.807, 2.05) is 31.2 Å². The Bertz CT molecular complexity index is 558. The molecule has 0 spiro atoms. The van der Waals surface area contributed by atoms with Crippen LogP contribution in [0.15, 0.2) is 48.5 Å². The minimum atomic E-state index is -0.942. The molecule has 0 unspecified atom stereocenters. The van der Waals surface area contributed by atoms with Crippen molar-refractivity contribution in [2.45, 2.75) is 13.5 Å². The smallest absolute Gasteiger partial charge is 0.335 e. The molecule has 104 valence electrons. The van der Waals surface area contributed by atoms with Crippen LogP contribution in [0, 0.1) is 0 Å². The third kappa shape index (κ3) is 3.75. The summed E-state index contributed by atoms with van der Waals surface area (Å²) in [6.45, 7) is 3.02. The van der Waals surface area contributed by atoms with Crippen LogP contribution in [0.4, 0.5) is 0 Å². The molecule has 0 aliphatic carbocycles. The molecule has 0 fully saturated rings. The fourth-order valence-corrected chi connectivity index (χ4v) is 1.71. The predicted molar refractivity (Wildman–Crippen MR) is 75.3 cm³/mol. The third-order valence-corrected chi connectivity index (χ3v) is 2.74. The summed E-state index contributed by atoms with van der Waals surface area (Å²) in [6, 6.07) is 14.0. The standard InChI is InChI=1S/C16H16O4/c1-2-19-14-7-3-12(4-8-14)11-20-15-9-5-13(6-10-15)16(17)18/h3-10H,2,11H2,1H3,(H,17,18). The van der Waals surface area contributed by atoms with E-state index in [4.69, 9.17) is 14.6 Å². The molecule has 0 atom stereocenters. The summed E-state index contributed by atoms with van der Waals surface area (Å²) in [4.78, 5) is 10.7. The fourth-order valence-electron chi connectivity index (χ4n) is 1.71. The van der Waals surface area contributed by atoms with Gasteiger partial charge in [0.05, 0.1) is 12.2 Å². The highest BCUT2D eigenvalue weighted by Crippen LogP contribution is 2.16. The first-order valence-electron chi connectivity index (χ1n) is 6.37. The molecule has 0 amide bonds. The van der Waals surface area contributed by atoms with Crippen molar-refractivity contribution in [2.24, 2.45) is 0 Å². The summed E-state index contributed by atoms with van der Waals surface area (Å²) in [7, 11) is 0. The highest BCUT2D eigenvalue weighted by Gasteiger charge is 2.02. The molecular formula is C16H16O4. The lowest BCUT2D eigenvalue weighted by Crippen LogP contribution is -1.98. The van der Waals surface area contributed by atoms with Gasteiger partial charge in [-0.1, -0.05) is 12.1 Å².